The predicted molar refractivity (Wildman–Crippen MR) is 126 cm³/mol. The molecular formula is C20H36IN5O. The first-order chi connectivity index (χ1) is 12.7. The van der Waals surface area contributed by atoms with Crippen molar-refractivity contribution >= 4 is 35.6 Å². The molecule has 0 bridgehead atoms. The molecule has 0 radical (unpaired) electrons. The smallest absolute Gasteiger partial charge is 0.191 e. The fourth-order valence-electron chi connectivity index (χ4n) is 3.13. The minimum Gasteiger partial charge on any atom is -0.380 e. The van der Waals surface area contributed by atoms with Gasteiger partial charge in [0.1, 0.15) is 0 Å². The number of para-hydroxylation sites is 1. The molecule has 0 spiro atoms. The van der Waals surface area contributed by atoms with Crippen molar-refractivity contribution in [3.05, 3.63) is 30.3 Å². The summed E-state index contributed by atoms with van der Waals surface area (Å²) >= 11 is 0. The predicted octanol–water partition coefficient (Wildman–Crippen LogP) is 2.41. The molecule has 1 heterocycles. The minimum atomic E-state index is 0. The summed E-state index contributed by atoms with van der Waals surface area (Å²) in [5, 5.41) is 6.63. The zero-order valence-corrected chi connectivity index (χ0v) is 19.3. The quantitative estimate of drug-likeness (QED) is 0.242. The fourth-order valence-corrected chi connectivity index (χ4v) is 3.13. The Balaban J connectivity index is 0.00000364. The van der Waals surface area contributed by atoms with Gasteiger partial charge in [-0.05, 0) is 32.9 Å². The number of rotatable bonds is 9. The molecule has 1 atom stereocenters. The van der Waals surface area contributed by atoms with Gasteiger partial charge in [0.05, 0.1) is 13.2 Å². The van der Waals surface area contributed by atoms with Gasteiger partial charge in [-0.2, -0.15) is 0 Å². The van der Waals surface area contributed by atoms with Gasteiger partial charge in [0.25, 0.3) is 0 Å². The number of anilines is 1. The molecule has 0 aromatic heterocycles. The SMILES string of the molecule is CCNC(=NCC(C)N1CCN(c2ccccc2)CC1)NCCOCC.I. The second-order valence-electron chi connectivity index (χ2n) is 6.55. The van der Waals surface area contributed by atoms with E-state index in [1.165, 1.54) is 5.69 Å². The third kappa shape index (κ3) is 8.66. The van der Waals surface area contributed by atoms with Gasteiger partial charge in [-0.25, -0.2) is 0 Å². The van der Waals surface area contributed by atoms with Crippen molar-refractivity contribution in [1.29, 1.82) is 0 Å². The van der Waals surface area contributed by atoms with E-state index in [9.17, 15) is 0 Å². The molecule has 2 rings (SSSR count). The maximum atomic E-state index is 5.37. The highest BCUT2D eigenvalue weighted by Gasteiger charge is 2.21. The lowest BCUT2D eigenvalue weighted by Gasteiger charge is -2.38. The number of benzene rings is 1. The topological polar surface area (TPSA) is 52.1 Å². The van der Waals surface area contributed by atoms with Gasteiger partial charge in [-0.3, -0.25) is 9.89 Å². The molecule has 1 fully saturated rings. The number of nitrogens with one attached hydrogen (secondary N) is 2. The van der Waals surface area contributed by atoms with Crippen LogP contribution in [0.25, 0.3) is 0 Å². The van der Waals surface area contributed by atoms with Crippen LogP contribution in [0.15, 0.2) is 35.3 Å². The van der Waals surface area contributed by atoms with Gasteiger partial charge in [-0.15, -0.1) is 24.0 Å². The third-order valence-corrected chi connectivity index (χ3v) is 4.66. The highest BCUT2D eigenvalue weighted by atomic mass is 127. The van der Waals surface area contributed by atoms with Crippen LogP contribution < -0.4 is 15.5 Å². The summed E-state index contributed by atoms with van der Waals surface area (Å²) in [4.78, 5) is 9.75. The number of guanidine groups is 1. The Kier molecular flexibility index (Phi) is 12.4. The van der Waals surface area contributed by atoms with E-state index in [0.29, 0.717) is 12.6 Å². The van der Waals surface area contributed by atoms with Crippen LogP contribution in [0.5, 0.6) is 0 Å². The average molecular weight is 489 g/mol. The van der Waals surface area contributed by atoms with Crippen molar-refractivity contribution in [2.24, 2.45) is 4.99 Å². The standard InChI is InChI=1S/C20H35N5O.HI/c1-4-21-20(22-11-16-26-5-2)23-17-18(3)24-12-14-25(15-13-24)19-9-7-6-8-10-19;/h6-10,18H,4-5,11-17H2,1-3H3,(H2,21,22,23);1H. The lowest BCUT2D eigenvalue weighted by molar-refractivity contribution is 0.152. The molecule has 1 unspecified atom stereocenters. The van der Waals surface area contributed by atoms with Crippen molar-refractivity contribution in [2.75, 3.05) is 63.9 Å². The monoisotopic (exact) mass is 489 g/mol. The van der Waals surface area contributed by atoms with Crippen LogP contribution in [0.4, 0.5) is 5.69 Å². The molecule has 7 heteroatoms. The average Bonchev–Trinajstić information content (AvgIpc) is 2.70. The van der Waals surface area contributed by atoms with Gasteiger partial charge in [0, 0.05) is 57.6 Å². The Morgan fingerprint density at radius 1 is 1.11 bits per heavy atom. The number of nitrogens with zero attached hydrogens (tertiary/aromatic N) is 3. The van der Waals surface area contributed by atoms with Crippen LogP contribution in [0.1, 0.15) is 20.8 Å². The Labute approximate surface area is 181 Å². The maximum absolute atomic E-state index is 5.37. The summed E-state index contributed by atoms with van der Waals surface area (Å²) in [5.74, 6) is 0.877. The molecule has 1 aromatic rings. The molecular weight excluding hydrogens is 453 g/mol. The summed E-state index contributed by atoms with van der Waals surface area (Å²) in [6.07, 6.45) is 0. The molecule has 2 N–H and O–H groups in total. The lowest BCUT2D eigenvalue weighted by Crippen LogP contribution is -2.50. The molecule has 1 saturated heterocycles. The summed E-state index contributed by atoms with van der Waals surface area (Å²) in [5.41, 5.74) is 1.32. The van der Waals surface area contributed by atoms with E-state index >= 15 is 0 Å². The van der Waals surface area contributed by atoms with E-state index in [1.807, 2.05) is 6.92 Å². The van der Waals surface area contributed by atoms with E-state index in [2.05, 4.69) is 64.6 Å². The first-order valence-corrected chi connectivity index (χ1v) is 9.88. The Hall–Kier alpha value is -1.06. The van der Waals surface area contributed by atoms with Crippen LogP contribution in [0, 0.1) is 0 Å². The van der Waals surface area contributed by atoms with Gasteiger partial charge < -0.3 is 20.3 Å². The lowest BCUT2D eigenvalue weighted by atomic mass is 10.2. The zero-order chi connectivity index (χ0) is 18.6. The second-order valence-corrected chi connectivity index (χ2v) is 6.55. The Morgan fingerprint density at radius 3 is 2.44 bits per heavy atom. The largest absolute Gasteiger partial charge is 0.380 e. The van der Waals surface area contributed by atoms with Crippen molar-refractivity contribution in [1.82, 2.24) is 15.5 Å². The number of aliphatic imine (C=N–C) groups is 1. The van der Waals surface area contributed by atoms with E-state index in [-0.39, 0.29) is 24.0 Å². The summed E-state index contributed by atoms with van der Waals surface area (Å²) in [7, 11) is 0. The first-order valence-electron chi connectivity index (χ1n) is 9.88. The van der Waals surface area contributed by atoms with Gasteiger partial charge in [0.2, 0.25) is 0 Å². The van der Waals surface area contributed by atoms with E-state index in [1.54, 1.807) is 0 Å². The molecule has 1 aliphatic heterocycles. The van der Waals surface area contributed by atoms with Crippen LogP contribution in [-0.4, -0.2) is 75.9 Å². The summed E-state index contributed by atoms with van der Waals surface area (Å²) in [6, 6.07) is 11.1. The van der Waals surface area contributed by atoms with E-state index < -0.39 is 0 Å². The number of hydrogen-bond acceptors (Lipinski definition) is 4. The summed E-state index contributed by atoms with van der Waals surface area (Å²) in [6.45, 7) is 14.6. The molecule has 27 heavy (non-hydrogen) atoms. The molecule has 154 valence electrons. The van der Waals surface area contributed by atoms with Gasteiger partial charge in [-0.1, -0.05) is 18.2 Å². The normalized spacial score (nSPS) is 16.6. The van der Waals surface area contributed by atoms with Crippen molar-refractivity contribution in [2.45, 2.75) is 26.8 Å². The number of piperazine rings is 1. The first kappa shape index (κ1) is 24.0. The van der Waals surface area contributed by atoms with Crippen LogP contribution >= 0.6 is 24.0 Å². The molecule has 1 aromatic carbocycles. The Morgan fingerprint density at radius 2 is 1.81 bits per heavy atom. The van der Waals surface area contributed by atoms with Crippen molar-refractivity contribution < 1.29 is 4.74 Å². The molecule has 6 nitrogen and oxygen atoms in total. The molecule has 0 aliphatic carbocycles. The highest BCUT2D eigenvalue weighted by molar-refractivity contribution is 14.0. The number of ether oxygens (including phenoxy) is 1. The van der Waals surface area contributed by atoms with Gasteiger partial charge >= 0.3 is 0 Å². The van der Waals surface area contributed by atoms with E-state index in [0.717, 1.165) is 58.4 Å². The van der Waals surface area contributed by atoms with Crippen molar-refractivity contribution in [3.8, 4) is 0 Å². The van der Waals surface area contributed by atoms with Gasteiger partial charge in [0.15, 0.2) is 5.96 Å². The van der Waals surface area contributed by atoms with E-state index in [4.69, 9.17) is 9.73 Å². The molecule has 0 saturated carbocycles. The number of hydrogen-bond donors (Lipinski definition) is 2. The fraction of sp³-hybridized carbons (Fsp3) is 0.650. The Bertz CT molecular complexity index is 520. The molecule has 1 aliphatic rings. The molecule has 0 amide bonds. The third-order valence-electron chi connectivity index (χ3n) is 4.66. The minimum absolute atomic E-state index is 0. The van der Waals surface area contributed by atoms with Crippen LogP contribution in [0.2, 0.25) is 0 Å². The van der Waals surface area contributed by atoms with Crippen LogP contribution in [0.3, 0.4) is 0 Å². The van der Waals surface area contributed by atoms with Crippen LogP contribution in [-0.2, 0) is 4.74 Å². The second kappa shape index (κ2) is 14.0. The highest BCUT2D eigenvalue weighted by Crippen LogP contribution is 2.16. The number of halogens is 1. The van der Waals surface area contributed by atoms with Crippen molar-refractivity contribution in [3.63, 3.8) is 0 Å². The summed E-state index contributed by atoms with van der Waals surface area (Å²) < 4.78 is 5.37. The maximum Gasteiger partial charge on any atom is 0.191 e. The zero-order valence-electron chi connectivity index (χ0n) is 17.0.